The number of fused-ring (bicyclic) bond motifs is 3. The monoisotopic (exact) mass is 489 g/mol. The van der Waals surface area contributed by atoms with Gasteiger partial charge in [0.2, 0.25) is 5.78 Å². The standard InChI is InChI=1S/C26H27N5O5/c1-28-23-22(24(32)29(2)26(28)33)31-15-19(17-7-9-18(34-3)10-8-17)30(25(31)27-23)13-12-16-6-11-20(35-4)21(14-16)36-5/h6-11,14-15H,12-13H2,1-5H3. The molecule has 0 spiro atoms. The van der Waals surface area contributed by atoms with Crippen LogP contribution in [-0.4, -0.2) is 44.4 Å². The Hall–Kier alpha value is -4.47. The lowest BCUT2D eigenvalue weighted by Gasteiger charge is -2.12. The van der Waals surface area contributed by atoms with Crippen LogP contribution in [0, 0.1) is 0 Å². The molecule has 0 fully saturated rings. The molecule has 0 aliphatic rings. The molecule has 10 heteroatoms. The molecular formula is C26H27N5O5. The highest BCUT2D eigenvalue weighted by molar-refractivity contribution is 5.78. The van der Waals surface area contributed by atoms with Crippen molar-refractivity contribution in [3.63, 3.8) is 0 Å². The van der Waals surface area contributed by atoms with Crippen LogP contribution in [0.4, 0.5) is 0 Å². The van der Waals surface area contributed by atoms with Crippen molar-refractivity contribution in [3.8, 4) is 28.5 Å². The van der Waals surface area contributed by atoms with Crippen molar-refractivity contribution < 1.29 is 14.2 Å². The molecule has 10 nitrogen and oxygen atoms in total. The normalized spacial score (nSPS) is 11.4. The van der Waals surface area contributed by atoms with E-state index in [0.29, 0.717) is 41.4 Å². The van der Waals surface area contributed by atoms with Gasteiger partial charge in [-0.05, 0) is 48.4 Å². The largest absolute Gasteiger partial charge is 0.497 e. The van der Waals surface area contributed by atoms with Gasteiger partial charge in [0.25, 0.3) is 5.56 Å². The number of hydrogen-bond donors (Lipinski definition) is 0. The average molecular weight is 490 g/mol. The first-order valence-electron chi connectivity index (χ1n) is 11.4. The Balaban J connectivity index is 1.68. The van der Waals surface area contributed by atoms with Crippen LogP contribution in [0.2, 0.25) is 0 Å². The number of imidazole rings is 2. The van der Waals surface area contributed by atoms with Gasteiger partial charge < -0.3 is 18.8 Å². The van der Waals surface area contributed by atoms with Crippen LogP contribution in [0.25, 0.3) is 28.2 Å². The summed E-state index contributed by atoms with van der Waals surface area (Å²) in [6, 6.07) is 13.6. The van der Waals surface area contributed by atoms with Crippen LogP contribution < -0.4 is 25.5 Å². The van der Waals surface area contributed by atoms with E-state index < -0.39 is 5.69 Å². The molecule has 186 valence electrons. The number of ether oxygens (including phenoxy) is 3. The summed E-state index contributed by atoms with van der Waals surface area (Å²) in [5.41, 5.74) is 2.79. The van der Waals surface area contributed by atoms with Gasteiger partial charge in [-0.2, -0.15) is 4.98 Å². The summed E-state index contributed by atoms with van der Waals surface area (Å²) in [6.07, 6.45) is 2.57. The predicted molar refractivity (Wildman–Crippen MR) is 136 cm³/mol. The molecule has 5 aromatic rings. The van der Waals surface area contributed by atoms with E-state index in [0.717, 1.165) is 27.1 Å². The third-order valence-corrected chi connectivity index (χ3v) is 6.51. The van der Waals surface area contributed by atoms with Gasteiger partial charge in [0.1, 0.15) is 5.75 Å². The molecule has 3 aromatic heterocycles. The number of aromatic nitrogens is 5. The maximum absolute atomic E-state index is 13.1. The van der Waals surface area contributed by atoms with E-state index >= 15 is 0 Å². The molecule has 0 radical (unpaired) electrons. The van der Waals surface area contributed by atoms with Gasteiger partial charge in [0.15, 0.2) is 22.7 Å². The first kappa shape index (κ1) is 23.3. The number of benzene rings is 2. The zero-order valence-corrected chi connectivity index (χ0v) is 20.8. The molecule has 5 rings (SSSR count). The van der Waals surface area contributed by atoms with Crippen LogP contribution in [0.15, 0.2) is 58.3 Å². The Kier molecular flexibility index (Phi) is 5.79. The minimum atomic E-state index is -0.416. The van der Waals surface area contributed by atoms with Gasteiger partial charge in [-0.15, -0.1) is 0 Å². The lowest BCUT2D eigenvalue weighted by Crippen LogP contribution is -2.37. The summed E-state index contributed by atoms with van der Waals surface area (Å²) < 4.78 is 22.5. The smallest absolute Gasteiger partial charge is 0.332 e. The fourth-order valence-corrected chi connectivity index (χ4v) is 4.51. The van der Waals surface area contributed by atoms with Crippen LogP contribution >= 0.6 is 0 Å². The molecule has 0 amide bonds. The Morgan fingerprint density at radius 3 is 2.25 bits per heavy atom. The van der Waals surface area contributed by atoms with E-state index in [1.165, 1.54) is 11.6 Å². The summed E-state index contributed by atoms with van der Waals surface area (Å²) in [4.78, 5) is 30.3. The number of aryl methyl sites for hydroxylation is 3. The highest BCUT2D eigenvalue weighted by atomic mass is 16.5. The van der Waals surface area contributed by atoms with E-state index in [2.05, 4.69) is 4.57 Å². The van der Waals surface area contributed by atoms with E-state index in [4.69, 9.17) is 19.2 Å². The first-order chi connectivity index (χ1) is 17.4. The van der Waals surface area contributed by atoms with Crippen LogP contribution in [0.1, 0.15) is 5.56 Å². The highest BCUT2D eigenvalue weighted by Crippen LogP contribution is 2.30. The van der Waals surface area contributed by atoms with Gasteiger partial charge in [-0.1, -0.05) is 6.07 Å². The Morgan fingerprint density at radius 2 is 1.58 bits per heavy atom. The SMILES string of the molecule is COc1ccc(-c2cn3c4c(=O)n(C)c(=O)n(C)c4nc3n2CCc2ccc(OC)c(OC)c2)cc1. The Morgan fingerprint density at radius 1 is 0.861 bits per heavy atom. The quantitative estimate of drug-likeness (QED) is 0.349. The molecule has 0 saturated carbocycles. The minimum Gasteiger partial charge on any atom is -0.497 e. The number of hydrogen-bond acceptors (Lipinski definition) is 6. The second-order valence-electron chi connectivity index (χ2n) is 8.49. The molecule has 36 heavy (non-hydrogen) atoms. The summed E-state index contributed by atoms with van der Waals surface area (Å²) in [6.45, 7) is 0.574. The maximum atomic E-state index is 13.1. The van der Waals surface area contributed by atoms with Crippen molar-refractivity contribution in [1.82, 2.24) is 23.1 Å². The molecule has 0 saturated heterocycles. The van der Waals surface area contributed by atoms with E-state index in [1.807, 2.05) is 48.7 Å². The molecule has 2 aromatic carbocycles. The van der Waals surface area contributed by atoms with Gasteiger partial charge in [0.05, 0.1) is 27.0 Å². The average Bonchev–Trinajstić information content (AvgIpc) is 3.45. The first-order valence-corrected chi connectivity index (χ1v) is 11.4. The Bertz CT molecular complexity index is 1710. The zero-order chi connectivity index (χ0) is 25.6. The summed E-state index contributed by atoms with van der Waals surface area (Å²) >= 11 is 0. The Labute approximate surface area is 206 Å². The van der Waals surface area contributed by atoms with Crippen molar-refractivity contribution >= 4 is 16.9 Å². The second kappa shape index (κ2) is 8.95. The molecule has 3 heterocycles. The van der Waals surface area contributed by atoms with Crippen molar-refractivity contribution in [2.24, 2.45) is 14.1 Å². The van der Waals surface area contributed by atoms with Crippen molar-refractivity contribution in [1.29, 1.82) is 0 Å². The van der Waals surface area contributed by atoms with Crippen LogP contribution in [0.5, 0.6) is 17.2 Å². The van der Waals surface area contributed by atoms with Crippen LogP contribution in [0.3, 0.4) is 0 Å². The van der Waals surface area contributed by atoms with Gasteiger partial charge >= 0.3 is 5.69 Å². The molecular weight excluding hydrogens is 462 g/mol. The molecule has 0 aliphatic heterocycles. The fourth-order valence-electron chi connectivity index (χ4n) is 4.51. The van der Waals surface area contributed by atoms with Gasteiger partial charge in [0, 0.05) is 32.4 Å². The third-order valence-electron chi connectivity index (χ3n) is 6.51. The van der Waals surface area contributed by atoms with Gasteiger partial charge in [-0.25, -0.2) is 4.79 Å². The highest BCUT2D eigenvalue weighted by Gasteiger charge is 2.21. The zero-order valence-electron chi connectivity index (χ0n) is 20.8. The topological polar surface area (TPSA) is 93.9 Å². The maximum Gasteiger partial charge on any atom is 0.332 e. The summed E-state index contributed by atoms with van der Waals surface area (Å²) in [7, 11) is 7.94. The molecule has 0 aliphatic carbocycles. The number of nitrogens with zero attached hydrogens (tertiary/aromatic N) is 5. The molecule has 0 atom stereocenters. The van der Waals surface area contributed by atoms with E-state index in [1.54, 1.807) is 32.8 Å². The molecule has 0 bridgehead atoms. The predicted octanol–water partition coefficient (Wildman–Crippen LogP) is 2.62. The fraction of sp³-hybridized carbons (Fsp3) is 0.269. The molecule has 0 N–H and O–H groups in total. The lowest BCUT2D eigenvalue weighted by atomic mass is 10.1. The number of methoxy groups -OCH3 is 3. The van der Waals surface area contributed by atoms with Crippen LogP contribution in [-0.2, 0) is 27.1 Å². The third kappa shape index (κ3) is 3.62. The van der Waals surface area contributed by atoms with Crippen molar-refractivity contribution in [2.75, 3.05) is 21.3 Å². The molecule has 0 unspecified atom stereocenters. The number of rotatable bonds is 7. The van der Waals surface area contributed by atoms with E-state index in [-0.39, 0.29) is 5.56 Å². The van der Waals surface area contributed by atoms with Crippen molar-refractivity contribution in [3.05, 3.63) is 75.1 Å². The van der Waals surface area contributed by atoms with Gasteiger partial charge in [-0.3, -0.25) is 18.3 Å². The van der Waals surface area contributed by atoms with Crippen molar-refractivity contribution in [2.45, 2.75) is 13.0 Å². The lowest BCUT2D eigenvalue weighted by molar-refractivity contribution is 0.354. The second-order valence-corrected chi connectivity index (χ2v) is 8.49. The summed E-state index contributed by atoms with van der Waals surface area (Å²) in [5, 5.41) is 0. The summed E-state index contributed by atoms with van der Waals surface area (Å²) in [5.74, 6) is 2.66. The van der Waals surface area contributed by atoms with E-state index in [9.17, 15) is 9.59 Å². The minimum absolute atomic E-state index is 0.347.